The van der Waals surface area contributed by atoms with Gasteiger partial charge in [-0.05, 0) is 6.07 Å². The minimum Gasteiger partial charge on any atom is -0.273 e. The number of hydrogen-bond donors (Lipinski definition) is 3. The van der Waals surface area contributed by atoms with E-state index in [0.29, 0.717) is 5.56 Å². The summed E-state index contributed by atoms with van der Waals surface area (Å²) in [6, 6.07) is 3.49. The summed E-state index contributed by atoms with van der Waals surface area (Å²) in [5.74, 6) is -0.532. The van der Waals surface area contributed by atoms with Crippen LogP contribution in [0.2, 0.25) is 0 Å². The van der Waals surface area contributed by atoms with Crippen molar-refractivity contribution in [3.05, 3.63) is 56.6 Å². The quantitative estimate of drug-likeness (QED) is 0.463. The van der Waals surface area contributed by atoms with Crippen molar-refractivity contribution in [3.63, 3.8) is 0 Å². The number of pyridine rings is 1. The van der Waals surface area contributed by atoms with Crippen LogP contribution in [0.5, 0.6) is 0 Å². The molecular weight excluding hydrogens is 264 g/mol. The topological polar surface area (TPSA) is 133 Å². The Morgan fingerprint density at radius 3 is 3.00 bits per heavy atom. The maximum absolute atomic E-state index is 11.5. The molecule has 0 radical (unpaired) electrons. The molecule has 102 valence electrons. The first-order valence-corrected chi connectivity index (χ1v) is 5.55. The smallest absolute Gasteiger partial charge is 0.273 e. The largest absolute Gasteiger partial charge is 0.342 e. The van der Waals surface area contributed by atoms with E-state index in [4.69, 9.17) is 0 Å². The first-order chi connectivity index (χ1) is 9.65. The SMILES string of the molecule is O=C(Cc1n[nH]c(=O)[nH]c1=O)N/N=C/c1cccnc1. The van der Waals surface area contributed by atoms with Crippen LogP contribution in [0.3, 0.4) is 0 Å². The Labute approximate surface area is 111 Å². The van der Waals surface area contributed by atoms with Crippen LogP contribution in [-0.2, 0) is 11.2 Å². The molecule has 2 aromatic heterocycles. The van der Waals surface area contributed by atoms with Gasteiger partial charge in [0.2, 0.25) is 5.91 Å². The van der Waals surface area contributed by atoms with Gasteiger partial charge in [-0.15, -0.1) is 0 Å². The van der Waals surface area contributed by atoms with Gasteiger partial charge < -0.3 is 0 Å². The van der Waals surface area contributed by atoms with Gasteiger partial charge in [-0.25, -0.2) is 15.3 Å². The molecule has 1 amide bonds. The van der Waals surface area contributed by atoms with Gasteiger partial charge in [0.1, 0.15) is 5.69 Å². The number of carbonyl (C=O) groups is 1. The molecule has 0 saturated heterocycles. The summed E-state index contributed by atoms with van der Waals surface area (Å²) >= 11 is 0. The molecule has 9 heteroatoms. The van der Waals surface area contributed by atoms with Crippen molar-refractivity contribution in [1.29, 1.82) is 0 Å². The number of aromatic nitrogens is 4. The van der Waals surface area contributed by atoms with Gasteiger partial charge in [-0.1, -0.05) is 6.07 Å². The highest BCUT2D eigenvalue weighted by atomic mass is 16.2. The standard InChI is InChI=1S/C11H10N6O3/c18-9(4-8-10(19)14-11(20)17-15-8)16-13-6-7-2-1-3-12-5-7/h1-3,5-6H,4H2,(H,16,18)(H2,14,17,19,20)/b13-6+. The zero-order chi connectivity index (χ0) is 14.4. The minimum absolute atomic E-state index is 0.0984. The van der Waals surface area contributed by atoms with Crippen LogP contribution in [0.25, 0.3) is 0 Å². The molecule has 0 unspecified atom stereocenters. The van der Waals surface area contributed by atoms with Gasteiger partial charge in [-0.3, -0.25) is 19.6 Å². The molecule has 0 aliphatic rings. The summed E-state index contributed by atoms with van der Waals surface area (Å²) in [4.78, 5) is 39.4. The van der Waals surface area contributed by atoms with Gasteiger partial charge in [0.05, 0.1) is 12.6 Å². The first-order valence-electron chi connectivity index (χ1n) is 5.55. The van der Waals surface area contributed by atoms with E-state index < -0.39 is 17.2 Å². The Balaban J connectivity index is 1.94. The van der Waals surface area contributed by atoms with Crippen molar-refractivity contribution in [2.75, 3.05) is 0 Å². The Morgan fingerprint density at radius 2 is 2.30 bits per heavy atom. The van der Waals surface area contributed by atoms with Crippen LogP contribution in [0.4, 0.5) is 0 Å². The molecule has 0 aliphatic carbocycles. The second kappa shape index (κ2) is 6.18. The number of aromatic amines is 2. The normalized spacial score (nSPS) is 10.6. The number of rotatable bonds is 4. The second-order valence-corrected chi connectivity index (χ2v) is 3.71. The summed E-state index contributed by atoms with van der Waals surface area (Å²) in [7, 11) is 0. The third-order valence-electron chi connectivity index (χ3n) is 2.20. The number of nitrogens with zero attached hydrogens (tertiary/aromatic N) is 3. The van der Waals surface area contributed by atoms with Gasteiger partial charge in [0, 0.05) is 18.0 Å². The molecule has 20 heavy (non-hydrogen) atoms. The molecular formula is C11H10N6O3. The molecule has 9 nitrogen and oxygen atoms in total. The maximum Gasteiger partial charge on any atom is 0.342 e. The lowest BCUT2D eigenvalue weighted by atomic mass is 10.3. The summed E-state index contributed by atoms with van der Waals surface area (Å²) in [6.07, 6.45) is 4.31. The molecule has 0 spiro atoms. The number of hydrogen-bond acceptors (Lipinski definition) is 6. The average molecular weight is 274 g/mol. The molecule has 2 heterocycles. The van der Waals surface area contributed by atoms with Crippen LogP contribution in [-0.4, -0.2) is 32.3 Å². The third kappa shape index (κ3) is 3.70. The second-order valence-electron chi connectivity index (χ2n) is 3.71. The fourth-order valence-corrected chi connectivity index (χ4v) is 1.31. The fourth-order valence-electron chi connectivity index (χ4n) is 1.31. The Hall–Kier alpha value is -3.10. The van der Waals surface area contributed by atoms with Gasteiger partial charge in [0.15, 0.2) is 0 Å². The van der Waals surface area contributed by atoms with E-state index in [1.165, 1.54) is 6.21 Å². The number of nitrogens with one attached hydrogen (secondary N) is 3. The van der Waals surface area contributed by atoms with E-state index >= 15 is 0 Å². The zero-order valence-corrected chi connectivity index (χ0v) is 10.2. The molecule has 0 saturated carbocycles. The fraction of sp³-hybridized carbons (Fsp3) is 0.0909. The number of amides is 1. The Kier molecular flexibility index (Phi) is 4.12. The Morgan fingerprint density at radius 1 is 1.45 bits per heavy atom. The third-order valence-corrected chi connectivity index (χ3v) is 2.20. The molecule has 0 aliphatic heterocycles. The minimum atomic E-state index is -0.728. The van der Waals surface area contributed by atoms with E-state index in [1.54, 1.807) is 24.5 Å². The highest BCUT2D eigenvalue weighted by Gasteiger charge is 2.08. The predicted molar refractivity (Wildman–Crippen MR) is 69.2 cm³/mol. The number of H-pyrrole nitrogens is 2. The lowest BCUT2D eigenvalue weighted by Crippen LogP contribution is -2.31. The monoisotopic (exact) mass is 274 g/mol. The highest BCUT2D eigenvalue weighted by molar-refractivity contribution is 5.82. The van der Waals surface area contributed by atoms with Crippen molar-refractivity contribution < 1.29 is 4.79 Å². The van der Waals surface area contributed by atoms with Crippen molar-refractivity contribution in [3.8, 4) is 0 Å². The number of hydrazone groups is 1. The van der Waals surface area contributed by atoms with Crippen LogP contribution < -0.4 is 16.7 Å². The molecule has 0 bridgehead atoms. The first kappa shape index (κ1) is 13.3. The molecule has 2 aromatic rings. The van der Waals surface area contributed by atoms with Crippen molar-refractivity contribution in [1.82, 2.24) is 25.6 Å². The van der Waals surface area contributed by atoms with Crippen molar-refractivity contribution >= 4 is 12.1 Å². The number of carbonyl (C=O) groups excluding carboxylic acids is 1. The lowest BCUT2D eigenvalue weighted by molar-refractivity contribution is -0.120. The van der Waals surface area contributed by atoms with Crippen LogP contribution >= 0.6 is 0 Å². The molecule has 0 fully saturated rings. The molecule has 0 aromatic carbocycles. The molecule has 3 N–H and O–H groups in total. The summed E-state index contributed by atoms with van der Waals surface area (Å²) in [5.41, 5.74) is 1.42. The van der Waals surface area contributed by atoms with Gasteiger partial charge in [-0.2, -0.15) is 10.2 Å². The zero-order valence-electron chi connectivity index (χ0n) is 10.2. The lowest BCUT2D eigenvalue weighted by Gasteiger charge is -1.98. The van der Waals surface area contributed by atoms with E-state index in [0.717, 1.165) is 0 Å². The predicted octanol–water partition coefficient (Wildman–Crippen LogP) is -1.45. The van der Waals surface area contributed by atoms with Gasteiger partial charge >= 0.3 is 5.69 Å². The summed E-state index contributed by atoms with van der Waals surface area (Å²) in [6.45, 7) is 0. The summed E-state index contributed by atoms with van der Waals surface area (Å²) in [5, 5.41) is 9.23. The van der Waals surface area contributed by atoms with E-state index in [1.807, 2.05) is 10.1 Å². The van der Waals surface area contributed by atoms with Crippen molar-refractivity contribution in [2.45, 2.75) is 6.42 Å². The van der Waals surface area contributed by atoms with Crippen molar-refractivity contribution in [2.24, 2.45) is 5.10 Å². The van der Waals surface area contributed by atoms with E-state index in [-0.39, 0.29) is 12.1 Å². The highest BCUT2D eigenvalue weighted by Crippen LogP contribution is 1.90. The van der Waals surface area contributed by atoms with Crippen LogP contribution in [0.15, 0.2) is 39.2 Å². The molecule has 2 rings (SSSR count). The maximum atomic E-state index is 11.5. The summed E-state index contributed by atoms with van der Waals surface area (Å²) < 4.78 is 0. The van der Waals surface area contributed by atoms with Crippen LogP contribution in [0.1, 0.15) is 11.3 Å². The van der Waals surface area contributed by atoms with E-state index in [2.05, 4.69) is 20.6 Å². The van der Waals surface area contributed by atoms with Crippen LogP contribution in [0, 0.1) is 0 Å². The Bertz CT molecular complexity index is 734. The van der Waals surface area contributed by atoms with Gasteiger partial charge in [0.25, 0.3) is 5.56 Å². The average Bonchev–Trinajstić information content (AvgIpc) is 2.43. The molecule has 0 atom stereocenters. The van der Waals surface area contributed by atoms with E-state index in [9.17, 15) is 14.4 Å².